The van der Waals surface area contributed by atoms with E-state index in [-0.39, 0.29) is 12.4 Å². The van der Waals surface area contributed by atoms with E-state index >= 15 is 0 Å². The van der Waals surface area contributed by atoms with E-state index in [2.05, 4.69) is 20.8 Å². The summed E-state index contributed by atoms with van der Waals surface area (Å²) in [5, 5.41) is 15.2. The van der Waals surface area contributed by atoms with Crippen LogP contribution in [0.2, 0.25) is 5.02 Å². The molecule has 9 heteroatoms. The third-order valence-electron chi connectivity index (χ3n) is 4.08. The van der Waals surface area contributed by atoms with Gasteiger partial charge in [0.15, 0.2) is 11.5 Å². The van der Waals surface area contributed by atoms with Gasteiger partial charge in [0.1, 0.15) is 12.4 Å². The van der Waals surface area contributed by atoms with Gasteiger partial charge in [-0.1, -0.05) is 41.8 Å². The number of tetrazole rings is 1. The maximum atomic E-state index is 13.8. The number of anilines is 1. The predicted octanol–water partition coefficient (Wildman–Crippen LogP) is 4.08. The number of nitrogens with one attached hydrogen (secondary N) is 1. The zero-order valence-corrected chi connectivity index (χ0v) is 16.4. The molecule has 0 fully saturated rings. The molecule has 0 saturated heterocycles. The molecule has 148 valence electrons. The molecule has 3 rings (SSSR count). The first-order valence-corrected chi connectivity index (χ1v) is 9.22. The van der Waals surface area contributed by atoms with Gasteiger partial charge in [0.05, 0.1) is 7.11 Å². The molecule has 1 aromatic heterocycles. The summed E-state index contributed by atoms with van der Waals surface area (Å²) in [5.74, 6) is 1.19. The number of methoxy groups -OCH3 is 1. The van der Waals surface area contributed by atoms with Crippen LogP contribution in [0.15, 0.2) is 36.4 Å². The van der Waals surface area contributed by atoms with Crippen LogP contribution in [0.3, 0.4) is 0 Å². The molecule has 0 radical (unpaired) electrons. The summed E-state index contributed by atoms with van der Waals surface area (Å²) >= 11 is 6.40. The Morgan fingerprint density at radius 1 is 1.18 bits per heavy atom. The van der Waals surface area contributed by atoms with E-state index in [1.807, 2.05) is 6.92 Å². The average molecular weight is 406 g/mol. The van der Waals surface area contributed by atoms with Gasteiger partial charge in [-0.05, 0) is 34.5 Å². The first kappa shape index (κ1) is 19.9. The first-order valence-electron chi connectivity index (χ1n) is 8.85. The second-order valence-electron chi connectivity index (χ2n) is 6.05. The van der Waals surface area contributed by atoms with Crippen molar-refractivity contribution in [2.45, 2.75) is 33.0 Å². The van der Waals surface area contributed by atoms with Crippen LogP contribution in [0.4, 0.5) is 10.3 Å². The Hall–Kier alpha value is -2.87. The fraction of sp³-hybridized carbons (Fsp3) is 0.316. The maximum absolute atomic E-state index is 13.8. The van der Waals surface area contributed by atoms with E-state index in [4.69, 9.17) is 21.1 Å². The first-order chi connectivity index (χ1) is 13.6. The van der Waals surface area contributed by atoms with Crippen molar-refractivity contribution in [1.82, 2.24) is 20.2 Å². The summed E-state index contributed by atoms with van der Waals surface area (Å²) in [6, 6.07) is 9.89. The lowest BCUT2D eigenvalue weighted by Crippen LogP contribution is -2.09. The van der Waals surface area contributed by atoms with Crippen LogP contribution in [0, 0.1) is 5.82 Å². The molecule has 0 bridgehead atoms. The van der Waals surface area contributed by atoms with Crippen molar-refractivity contribution >= 4 is 17.5 Å². The van der Waals surface area contributed by atoms with Crippen LogP contribution in [0.5, 0.6) is 11.5 Å². The standard InChI is InChI=1S/C19H21ClFN5O2/c1-3-8-26-19(23-24-25-26)22-11-14-9-17(27-2)18(10-15(14)20)28-12-13-6-4-5-7-16(13)21/h4-7,9-10H,3,8,11-12H2,1-2H3,(H,22,23,25). The third-order valence-corrected chi connectivity index (χ3v) is 4.43. The van der Waals surface area contributed by atoms with E-state index in [0.29, 0.717) is 34.6 Å². The highest BCUT2D eigenvalue weighted by molar-refractivity contribution is 6.31. The Morgan fingerprint density at radius 2 is 2.00 bits per heavy atom. The minimum Gasteiger partial charge on any atom is -0.493 e. The minimum atomic E-state index is -0.321. The van der Waals surface area contributed by atoms with E-state index in [1.165, 1.54) is 13.2 Å². The predicted molar refractivity (Wildman–Crippen MR) is 104 cm³/mol. The quantitative estimate of drug-likeness (QED) is 0.578. The van der Waals surface area contributed by atoms with E-state index in [0.717, 1.165) is 18.5 Å². The Labute approximate surface area is 167 Å². The number of aromatic nitrogens is 4. The molecule has 28 heavy (non-hydrogen) atoms. The highest BCUT2D eigenvalue weighted by atomic mass is 35.5. The number of aryl methyl sites for hydroxylation is 1. The van der Waals surface area contributed by atoms with Gasteiger partial charge in [-0.3, -0.25) is 0 Å². The molecule has 0 amide bonds. The SMILES string of the molecule is CCCn1nnnc1NCc1cc(OC)c(OCc2ccccc2F)cc1Cl. The van der Waals surface area contributed by atoms with Crippen LogP contribution < -0.4 is 14.8 Å². The second-order valence-corrected chi connectivity index (χ2v) is 6.46. The summed E-state index contributed by atoms with van der Waals surface area (Å²) in [4.78, 5) is 0. The fourth-order valence-electron chi connectivity index (χ4n) is 2.62. The Kier molecular flexibility index (Phi) is 6.65. The molecule has 0 unspecified atom stereocenters. The minimum absolute atomic E-state index is 0.0722. The maximum Gasteiger partial charge on any atom is 0.243 e. The van der Waals surface area contributed by atoms with Crippen LogP contribution in [0.1, 0.15) is 24.5 Å². The summed E-state index contributed by atoms with van der Waals surface area (Å²) in [7, 11) is 1.54. The zero-order chi connectivity index (χ0) is 19.9. The lowest BCUT2D eigenvalue weighted by Gasteiger charge is -2.14. The molecule has 1 N–H and O–H groups in total. The van der Waals surface area contributed by atoms with Gasteiger partial charge < -0.3 is 14.8 Å². The Morgan fingerprint density at radius 3 is 2.75 bits per heavy atom. The van der Waals surface area contributed by atoms with Crippen molar-refractivity contribution in [2.24, 2.45) is 0 Å². The summed E-state index contributed by atoms with van der Waals surface area (Å²) in [5.41, 5.74) is 1.25. The lowest BCUT2D eigenvalue weighted by atomic mass is 10.2. The van der Waals surface area contributed by atoms with Gasteiger partial charge >= 0.3 is 0 Å². The number of rotatable bonds is 9. The van der Waals surface area contributed by atoms with Gasteiger partial charge in [0, 0.05) is 29.7 Å². The van der Waals surface area contributed by atoms with E-state index in [1.54, 1.807) is 35.0 Å². The largest absolute Gasteiger partial charge is 0.493 e. The monoisotopic (exact) mass is 405 g/mol. The number of ether oxygens (including phenoxy) is 2. The van der Waals surface area contributed by atoms with Gasteiger partial charge in [0.25, 0.3) is 0 Å². The smallest absolute Gasteiger partial charge is 0.243 e. The van der Waals surface area contributed by atoms with Gasteiger partial charge in [-0.2, -0.15) is 0 Å². The molecule has 7 nitrogen and oxygen atoms in total. The van der Waals surface area contributed by atoms with Crippen LogP contribution in [0.25, 0.3) is 0 Å². The molecule has 0 aliphatic carbocycles. The number of nitrogens with zero attached hydrogens (tertiary/aromatic N) is 4. The summed E-state index contributed by atoms with van der Waals surface area (Å²) in [6.07, 6.45) is 0.919. The van der Waals surface area contributed by atoms with Crippen molar-refractivity contribution in [3.63, 3.8) is 0 Å². The molecule has 0 aliphatic rings. The van der Waals surface area contributed by atoms with Crippen LogP contribution in [-0.2, 0) is 19.7 Å². The molecule has 0 aliphatic heterocycles. The van der Waals surface area contributed by atoms with E-state index in [9.17, 15) is 4.39 Å². The van der Waals surface area contributed by atoms with Crippen molar-refractivity contribution in [3.05, 3.63) is 58.4 Å². The van der Waals surface area contributed by atoms with Gasteiger partial charge in [0.2, 0.25) is 5.95 Å². The second kappa shape index (κ2) is 9.36. The number of hydrogen-bond donors (Lipinski definition) is 1. The topological polar surface area (TPSA) is 74.1 Å². The Bertz CT molecular complexity index is 934. The van der Waals surface area contributed by atoms with Crippen molar-refractivity contribution in [1.29, 1.82) is 0 Å². The van der Waals surface area contributed by atoms with Crippen molar-refractivity contribution in [3.8, 4) is 11.5 Å². The third kappa shape index (κ3) is 4.69. The summed E-state index contributed by atoms with van der Waals surface area (Å²) in [6.45, 7) is 3.25. The van der Waals surface area contributed by atoms with Gasteiger partial charge in [-0.15, -0.1) is 0 Å². The van der Waals surface area contributed by atoms with Crippen LogP contribution >= 0.6 is 11.6 Å². The number of hydrogen-bond acceptors (Lipinski definition) is 6. The van der Waals surface area contributed by atoms with Crippen LogP contribution in [-0.4, -0.2) is 27.3 Å². The summed E-state index contributed by atoms with van der Waals surface area (Å²) < 4.78 is 26.6. The molecule has 0 atom stereocenters. The molecule has 1 heterocycles. The fourth-order valence-corrected chi connectivity index (χ4v) is 2.84. The zero-order valence-electron chi connectivity index (χ0n) is 15.7. The highest BCUT2D eigenvalue weighted by Crippen LogP contribution is 2.34. The Balaban J connectivity index is 1.72. The lowest BCUT2D eigenvalue weighted by molar-refractivity contribution is 0.279. The average Bonchev–Trinajstić information content (AvgIpc) is 3.14. The van der Waals surface area contributed by atoms with Crippen molar-refractivity contribution in [2.75, 3.05) is 12.4 Å². The number of halogens is 2. The molecule has 0 spiro atoms. The molecule has 2 aromatic carbocycles. The molecule has 3 aromatic rings. The normalized spacial score (nSPS) is 10.7. The highest BCUT2D eigenvalue weighted by Gasteiger charge is 2.13. The van der Waals surface area contributed by atoms with E-state index < -0.39 is 0 Å². The molecule has 0 saturated carbocycles. The van der Waals surface area contributed by atoms with Crippen molar-refractivity contribution < 1.29 is 13.9 Å². The molecular weight excluding hydrogens is 385 g/mol. The molecular formula is C19H21ClFN5O2. The van der Waals surface area contributed by atoms with Gasteiger partial charge in [-0.25, -0.2) is 9.07 Å². The number of benzene rings is 2.